The molecule has 0 bridgehead atoms. The Morgan fingerprint density at radius 2 is 2.06 bits per heavy atom. The number of likely N-dealkylation sites (tertiary alicyclic amines) is 1. The summed E-state index contributed by atoms with van der Waals surface area (Å²) in [4.78, 5) is 23.5. The number of piperidine rings is 1. The van der Waals surface area contributed by atoms with Crippen LogP contribution in [-0.4, -0.2) is 43.4 Å². The van der Waals surface area contributed by atoms with E-state index in [0.29, 0.717) is 25.9 Å². The van der Waals surface area contributed by atoms with Crippen LogP contribution in [0.2, 0.25) is 0 Å². The Bertz CT molecular complexity index is 235. The fourth-order valence-corrected chi connectivity index (χ4v) is 2.27. The van der Waals surface area contributed by atoms with E-state index in [2.05, 4.69) is 0 Å². The number of carbonyl (C=O) groups is 1. The molecule has 0 aromatic rings. The molecule has 0 N–H and O–H groups in total. The van der Waals surface area contributed by atoms with E-state index in [-0.39, 0.29) is 6.09 Å². The van der Waals surface area contributed by atoms with E-state index in [1.807, 2.05) is 18.7 Å². The van der Waals surface area contributed by atoms with E-state index >= 15 is 0 Å². The van der Waals surface area contributed by atoms with Crippen molar-refractivity contribution in [3.63, 3.8) is 0 Å². The van der Waals surface area contributed by atoms with Crippen LogP contribution in [0.4, 0.5) is 4.79 Å². The van der Waals surface area contributed by atoms with Gasteiger partial charge in [-0.3, -0.25) is 0 Å². The molecule has 0 radical (unpaired) electrons. The number of rotatable bonds is 7. The molecule has 106 valence electrons. The Balaban J connectivity index is 2.28. The fraction of sp³-hybridized carbons (Fsp3) is 0.923. The summed E-state index contributed by atoms with van der Waals surface area (Å²) in [6, 6.07) is 0.294. The monoisotopic (exact) mass is 259 g/mol. The molecule has 0 aliphatic carbocycles. The molecule has 1 atom stereocenters. The smallest absolute Gasteiger partial charge is 0.409 e. The highest BCUT2D eigenvalue weighted by Crippen LogP contribution is 2.21. The highest BCUT2D eigenvalue weighted by Gasteiger charge is 2.27. The van der Waals surface area contributed by atoms with Crippen LogP contribution in [0.1, 0.15) is 46.0 Å². The van der Waals surface area contributed by atoms with Crippen molar-refractivity contribution >= 4 is 6.09 Å². The molecule has 1 fully saturated rings. The van der Waals surface area contributed by atoms with Crippen LogP contribution < -0.4 is 0 Å². The first-order valence-corrected chi connectivity index (χ1v) is 6.97. The van der Waals surface area contributed by atoms with Crippen LogP contribution in [0.15, 0.2) is 0 Å². The number of ether oxygens (including phenoxy) is 1. The van der Waals surface area contributed by atoms with Crippen LogP contribution in [0.5, 0.6) is 0 Å². The minimum Gasteiger partial charge on any atom is -0.450 e. The average molecular weight is 259 g/mol. The number of hydrogen-bond donors (Lipinski definition) is 0. The van der Waals surface area contributed by atoms with E-state index < -0.39 is 0 Å². The molecule has 18 heavy (non-hydrogen) atoms. The van der Waals surface area contributed by atoms with Gasteiger partial charge in [-0.05, 0) is 46.0 Å². The number of carbonyl (C=O) groups excluding carboxylic acids is 1. The summed E-state index contributed by atoms with van der Waals surface area (Å²) in [7, 11) is 0. The topological polar surface area (TPSA) is 48.0 Å². The second kappa shape index (κ2) is 9.16. The quantitative estimate of drug-likeness (QED) is 0.401. The Labute approximate surface area is 109 Å². The van der Waals surface area contributed by atoms with Gasteiger partial charge in [-0.2, -0.15) is 0 Å². The third kappa shape index (κ3) is 5.23. The zero-order valence-electron chi connectivity index (χ0n) is 11.5. The standard InChI is InChI=1S/C13H25NO4/c1-3-16-13(15)14-10-6-5-8-12(14)9-7-11-18-17-4-2/h12H,3-11H2,1-2H3. The third-order valence-corrected chi connectivity index (χ3v) is 3.10. The first-order valence-electron chi connectivity index (χ1n) is 6.97. The average Bonchev–Trinajstić information content (AvgIpc) is 2.39. The maximum Gasteiger partial charge on any atom is 0.409 e. The van der Waals surface area contributed by atoms with Crippen molar-refractivity contribution in [2.45, 2.75) is 52.0 Å². The van der Waals surface area contributed by atoms with Crippen molar-refractivity contribution in [2.24, 2.45) is 0 Å². The van der Waals surface area contributed by atoms with Crippen molar-refractivity contribution < 1.29 is 19.3 Å². The molecule has 5 nitrogen and oxygen atoms in total. The molecular weight excluding hydrogens is 234 g/mol. The van der Waals surface area contributed by atoms with Gasteiger partial charge in [-0.1, -0.05) is 0 Å². The van der Waals surface area contributed by atoms with Gasteiger partial charge in [0.25, 0.3) is 0 Å². The number of nitrogens with zero attached hydrogens (tertiary/aromatic N) is 1. The minimum absolute atomic E-state index is 0.173. The second-order valence-corrected chi connectivity index (χ2v) is 4.41. The number of amides is 1. The molecule has 1 aliphatic rings. The predicted molar refractivity (Wildman–Crippen MR) is 68.2 cm³/mol. The van der Waals surface area contributed by atoms with Crippen LogP contribution in [0.25, 0.3) is 0 Å². The lowest BCUT2D eigenvalue weighted by atomic mass is 9.99. The lowest BCUT2D eigenvalue weighted by Gasteiger charge is -2.34. The lowest BCUT2D eigenvalue weighted by molar-refractivity contribution is -0.291. The molecular formula is C13H25NO4. The van der Waals surface area contributed by atoms with Gasteiger partial charge in [0.15, 0.2) is 0 Å². The van der Waals surface area contributed by atoms with Crippen molar-refractivity contribution in [1.82, 2.24) is 4.90 Å². The summed E-state index contributed by atoms with van der Waals surface area (Å²) in [5, 5.41) is 0. The minimum atomic E-state index is -0.173. The predicted octanol–water partition coefficient (Wildman–Crippen LogP) is 2.75. The van der Waals surface area contributed by atoms with Gasteiger partial charge in [0.05, 0.1) is 19.8 Å². The molecule has 0 aromatic carbocycles. The van der Waals surface area contributed by atoms with Crippen molar-refractivity contribution in [3.05, 3.63) is 0 Å². The zero-order chi connectivity index (χ0) is 13.2. The van der Waals surface area contributed by atoms with Crippen molar-refractivity contribution in [3.8, 4) is 0 Å². The molecule has 1 unspecified atom stereocenters. The van der Waals surface area contributed by atoms with Gasteiger partial charge < -0.3 is 9.64 Å². The Hall–Kier alpha value is -0.810. The second-order valence-electron chi connectivity index (χ2n) is 4.41. The van der Waals surface area contributed by atoms with E-state index in [1.54, 1.807) is 0 Å². The molecule has 0 spiro atoms. The molecule has 1 heterocycles. The van der Waals surface area contributed by atoms with Gasteiger partial charge in [-0.15, -0.1) is 0 Å². The van der Waals surface area contributed by atoms with Crippen LogP contribution in [0.3, 0.4) is 0 Å². The Kier molecular flexibility index (Phi) is 7.76. The van der Waals surface area contributed by atoms with Gasteiger partial charge in [0.1, 0.15) is 0 Å². The summed E-state index contributed by atoms with van der Waals surface area (Å²) in [5.41, 5.74) is 0. The van der Waals surface area contributed by atoms with E-state index in [0.717, 1.165) is 32.2 Å². The van der Waals surface area contributed by atoms with Gasteiger partial charge in [0, 0.05) is 12.6 Å². The molecule has 0 saturated carbocycles. The molecule has 1 rings (SSSR count). The summed E-state index contributed by atoms with van der Waals surface area (Å²) in [6.07, 6.45) is 5.00. The summed E-state index contributed by atoms with van der Waals surface area (Å²) in [5.74, 6) is 0. The normalized spacial score (nSPS) is 19.9. The van der Waals surface area contributed by atoms with E-state index in [4.69, 9.17) is 14.5 Å². The van der Waals surface area contributed by atoms with Crippen LogP contribution in [-0.2, 0) is 14.5 Å². The number of hydrogen-bond acceptors (Lipinski definition) is 4. The molecule has 0 aromatic heterocycles. The lowest BCUT2D eigenvalue weighted by Crippen LogP contribution is -2.44. The zero-order valence-corrected chi connectivity index (χ0v) is 11.5. The van der Waals surface area contributed by atoms with Crippen LogP contribution >= 0.6 is 0 Å². The van der Waals surface area contributed by atoms with Gasteiger partial charge >= 0.3 is 6.09 Å². The Morgan fingerprint density at radius 3 is 2.78 bits per heavy atom. The maximum atomic E-state index is 11.8. The summed E-state index contributed by atoms with van der Waals surface area (Å²) in [6.45, 7) is 6.14. The van der Waals surface area contributed by atoms with Crippen LogP contribution in [0, 0.1) is 0 Å². The first kappa shape index (κ1) is 15.2. The third-order valence-electron chi connectivity index (χ3n) is 3.10. The summed E-state index contributed by atoms with van der Waals surface area (Å²) < 4.78 is 5.09. The summed E-state index contributed by atoms with van der Waals surface area (Å²) >= 11 is 0. The maximum absolute atomic E-state index is 11.8. The van der Waals surface area contributed by atoms with E-state index in [1.165, 1.54) is 6.42 Å². The first-order chi connectivity index (χ1) is 8.79. The Morgan fingerprint density at radius 1 is 1.22 bits per heavy atom. The highest BCUT2D eigenvalue weighted by molar-refractivity contribution is 5.68. The van der Waals surface area contributed by atoms with E-state index in [9.17, 15) is 4.79 Å². The molecule has 1 amide bonds. The van der Waals surface area contributed by atoms with Crippen molar-refractivity contribution in [2.75, 3.05) is 26.4 Å². The van der Waals surface area contributed by atoms with Gasteiger partial charge in [-0.25, -0.2) is 14.6 Å². The fourth-order valence-electron chi connectivity index (χ4n) is 2.27. The van der Waals surface area contributed by atoms with Gasteiger partial charge in [0.2, 0.25) is 0 Å². The molecule has 1 aliphatic heterocycles. The van der Waals surface area contributed by atoms with Crippen molar-refractivity contribution in [1.29, 1.82) is 0 Å². The highest BCUT2D eigenvalue weighted by atomic mass is 17.2. The molecule has 5 heteroatoms. The molecule has 1 saturated heterocycles. The SMILES string of the molecule is CCOOCCCC1CCCCN1C(=O)OCC. The largest absolute Gasteiger partial charge is 0.450 e.